The lowest BCUT2D eigenvalue weighted by Crippen LogP contribution is -1.93. The van der Waals surface area contributed by atoms with Gasteiger partial charge in [0, 0.05) is 10.6 Å². The molecule has 0 fully saturated rings. The SMILES string of the molecule is COc1ccc(-c2cc(C)c(C)cc2Cl)cc1N. The number of benzene rings is 2. The van der Waals surface area contributed by atoms with Crippen molar-refractivity contribution < 1.29 is 4.74 Å². The van der Waals surface area contributed by atoms with Gasteiger partial charge in [0.1, 0.15) is 5.75 Å². The molecule has 2 nitrogen and oxygen atoms in total. The van der Waals surface area contributed by atoms with Gasteiger partial charge in [-0.2, -0.15) is 0 Å². The molecule has 0 aliphatic rings. The van der Waals surface area contributed by atoms with Crippen LogP contribution in [0.5, 0.6) is 5.75 Å². The van der Waals surface area contributed by atoms with Crippen molar-refractivity contribution in [2.24, 2.45) is 0 Å². The van der Waals surface area contributed by atoms with Crippen LogP contribution in [0.15, 0.2) is 30.3 Å². The van der Waals surface area contributed by atoms with E-state index in [0.29, 0.717) is 11.4 Å². The molecule has 2 aromatic rings. The number of hydrogen-bond donors (Lipinski definition) is 1. The van der Waals surface area contributed by atoms with E-state index in [1.54, 1.807) is 7.11 Å². The van der Waals surface area contributed by atoms with E-state index >= 15 is 0 Å². The monoisotopic (exact) mass is 261 g/mol. The maximum absolute atomic E-state index is 6.29. The fraction of sp³-hybridized carbons (Fsp3) is 0.200. The van der Waals surface area contributed by atoms with Crippen LogP contribution in [-0.2, 0) is 0 Å². The second kappa shape index (κ2) is 4.91. The van der Waals surface area contributed by atoms with Gasteiger partial charge in [0.2, 0.25) is 0 Å². The number of methoxy groups -OCH3 is 1. The second-order valence-electron chi connectivity index (χ2n) is 4.37. The van der Waals surface area contributed by atoms with Crippen molar-refractivity contribution in [3.63, 3.8) is 0 Å². The van der Waals surface area contributed by atoms with Crippen molar-refractivity contribution in [1.29, 1.82) is 0 Å². The summed E-state index contributed by atoms with van der Waals surface area (Å²) >= 11 is 6.29. The largest absolute Gasteiger partial charge is 0.495 e. The molecule has 2 rings (SSSR count). The summed E-state index contributed by atoms with van der Waals surface area (Å²) in [6.45, 7) is 4.12. The topological polar surface area (TPSA) is 35.2 Å². The molecular weight excluding hydrogens is 246 g/mol. The molecule has 0 aliphatic heterocycles. The van der Waals surface area contributed by atoms with Gasteiger partial charge in [-0.05, 0) is 54.8 Å². The number of hydrogen-bond acceptors (Lipinski definition) is 2. The van der Waals surface area contributed by atoms with E-state index in [0.717, 1.165) is 16.1 Å². The lowest BCUT2D eigenvalue weighted by molar-refractivity contribution is 0.417. The highest BCUT2D eigenvalue weighted by Crippen LogP contribution is 2.34. The number of nitrogens with two attached hydrogens (primary N) is 1. The first kappa shape index (κ1) is 12.8. The first-order chi connectivity index (χ1) is 8.52. The Labute approximate surface area is 112 Å². The first-order valence-corrected chi connectivity index (χ1v) is 6.11. The third-order valence-corrected chi connectivity index (χ3v) is 3.44. The fourth-order valence-electron chi connectivity index (χ4n) is 1.90. The number of ether oxygens (including phenoxy) is 1. The maximum Gasteiger partial charge on any atom is 0.141 e. The highest BCUT2D eigenvalue weighted by atomic mass is 35.5. The Hall–Kier alpha value is -1.67. The van der Waals surface area contributed by atoms with E-state index in [1.807, 2.05) is 31.2 Å². The van der Waals surface area contributed by atoms with Gasteiger partial charge in [0.15, 0.2) is 0 Å². The summed E-state index contributed by atoms with van der Waals surface area (Å²) in [5, 5.41) is 0.739. The average molecular weight is 262 g/mol. The van der Waals surface area contributed by atoms with Crippen LogP contribution in [0.1, 0.15) is 11.1 Å². The molecule has 0 saturated carbocycles. The number of rotatable bonds is 2. The summed E-state index contributed by atoms with van der Waals surface area (Å²) in [5.41, 5.74) is 10.9. The Balaban J connectivity index is 2.55. The average Bonchev–Trinajstić information content (AvgIpc) is 2.33. The summed E-state index contributed by atoms with van der Waals surface area (Å²) in [5.74, 6) is 0.679. The number of aryl methyl sites for hydroxylation is 2. The van der Waals surface area contributed by atoms with Crippen molar-refractivity contribution in [2.75, 3.05) is 12.8 Å². The molecule has 0 aromatic heterocycles. The molecule has 18 heavy (non-hydrogen) atoms. The summed E-state index contributed by atoms with van der Waals surface area (Å²) in [7, 11) is 1.61. The van der Waals surface area contributed by atoms with Gasteiger partial charge in [0.25, 0.3) is 0 Å². The molecule has 3 heteroatoms. The molecule has 0 bridgehead atoms. The Bertz CT molecular complexity index is 593. The zero-order valence-electron chi connectivity index (χ0n) is 10.8. The molecule has 0 aliphatic carbocycles. The van der Waals surface area contributed by atoms with E-state index in [4.69, 9.17) is 22.1 Å². The Morgan fingerprint density at radius 1 is 1.06 bits per heavy atom. The number of halogens is 1. The molecule has 0 spiro atoms. The summed E-state index contributed by atoms with van der Waals surface area (Å²) in [4.78, 5) is 0. The molecule has 0 amide bonds. The van der Waals surface area contributed by atoms with Crippen molar-refractivity contribution in [3.05, 3.63) is 46.5 Å². The molecule has 0 saturated heterocycles. The smallest absolute Gasteiger partial charge is 0.141 e. The lowest BCUT2D eigenvalue weighted by Gasteiger charge is -2.11. The second-order valence-corrected chi connectivity index (χ2v) is 4.78. The van der Waals surface area contributed by atoms with Crippen LogP contribution in [0.4, 0.5) is 5.69 Å². The van der Waals surface area contributed by atoms with E-state index in [9.17, 15) is 0 Å². The minimum atomic E-state index is 0.615. The van der Waals surface area contributed by atoms with Gasteiger partial charge in [-0.1, -0.05) is 17.7 Å². The van der Waals surface area contributed by atoms with E-state index in [2.05, 4.69) is 13.0 Å². The molecule has 0 heterocycles. The van der Waals surface area contributed by atoms with Gasteiger partial charge in [0.05, 0.1) is 12.8 Å². The predicted octanol–water partition coefficient (Wildman–Crippen LogP) is 4.21. The molecular formula is C15H16ClNO. The van der Waals surface area contributed by atoms with Gasteiger partial charge in [-0.25, -0.2) is 0 Å². The maximum atomic E-state index is 6.29. The molecule has 2 aromatic carbocycles. The Kier molecular flexibility index (Phi) is 3.48. The molecule has 94 valence electrons. The van der Waals surface area contributed by atoms with Crippen LogP contribution in [0.25, 0.3) is 11.1 Å². The third-order valence-electron chi connectivity index (χ3n) is 3.12. The van der Waals surface area contributed by atoms with Crippen LogP contribution in [0.3, 0.4) is 0 Å². The summed E-state index contributed by atoms with van der Waals surface area (Å²) in [6.07, 6.45) is 0. The minimum absolute atomic E-state index is 0.615. The van der Waals surface area contributed by atoms with E-state index in [1.165, 1.54) is 11.1 Å². The normalized spacial score (nSPS) is 10.4. The molecule has 2 N–H and O–H groups in total. The van der Waals surface area contributed by atoms with Crippen LogP contribution in [0, 0.1) is 13.8 Å². The van der Waals surface area contributed by atoms with Crippen molar-refractivity contribution >= 4 is 17.3 Å². The Morgan fingerprint density at radius 2 is 1.72 bits per heavy atom. The number of anilines is 1. The highest BCUT2D eigenvalue weighted by Gasteiger charge is 2.08. The van der Waals surface area contributed by atoms with Gasteiger partial charge in [-0.3, -0.25) is 0 Å². The minimum Gasteiger partial charge on any atom is -0.495 e. The first-order valence-electron chi connectivity index (χ1n) is 5.73. The Morgan fingerprint density at radius 3 is 2.33 bits per heavy atom. The molecule has 0 radical (unpaired) electrons. The van der Waals surface area contributed by atoms with E-state index in [-0.39, 0.29) is 0 Å². The van der Waals surface area contributed by atoms with Crippen LogP contribution < -0.4 is 10.5 Å². The summed E-state index contributed by atoms with van der Waals surface area (Å²) in [6, 6.07) is 9.77. The summed E-state index contributed by atoms with van der Waals surface area (Å²) < 4.78 is 5.15. The quantitative estimate of drug-likeness (QED) is 0.822. The van der Waals surface area contributed by atoms with E-state index < -0.39 is 0 Å². The van der Waals surface area contributed by atoms with Crippen LogP contribution in [0.2, 0.25) is 5.02 Å². The van der Waals surface area contributed by atoms with Gasteiger partial charge < -0.3 is 10.5 Å². The highest BCUT2D eigenvalue weighted by molar-refractivity contribution is 6.33. The van der Waals surface area contributed by atoms with Crippen molar-refractivity contribution in [2.45, 2.75) is 13.8 Å². The zero-order valence-corrected chi connectivity index (χ0v) is 11.5. The van der Waals surface area contributed by atoms with Gasteiger partial charge >= 0.3 is 0 Å². The number of nitrogen functional groups attached to an aromatic ring is 1. The van der Waals surface area contributed by atoms with Crippen molar-refractivity contribution in [3.8, 4) is 16.9 Å². The fourth-order valence-corrected chi connectivity index (χ4v) is 2.23. The molecule has 0 unspecified atom stereocenters. The van der Waals surface area contributed by atoms with Crippen LogP contribution >= 0.6 is 11.6 Å². The van der Waals surface area contributed by atoms with Gasteiger partial charge in [-0.15, -0.1) is 0 Å². The zero-order chi connectivity index (χ0) is 13.3. The van der Waals surface area contributed by atoms with Crippen LogP contribution in [-0.4, -0.2) is 7.11 Å². The lowest BCUT2D eigenvalue weighted by atomic mass is 10.00. The van der Waals surface area contributed by atoms with Crippen molar-refractivity contribution in [1.82, 2.24) is 0 Å². The standard InChI is InChI=1S/C15H16ClNO/c1-9-6-12(13(16)7-10(9)2)11-4-5-15(18-3)14(17)8-11/h4-8H,17H2,1-3H3. The third kappa shape index (κ3) is 2.29. The predicted molar refractivity (Wildman–Crippen MR) is 77.3 cm³/mol. The molecule has 0 atom stereocenters.